The van der Waals surface area contributed by atoms with Crippen molar-refractivity contribution < 1.29 is 45.2 Å². The van der Waals surface area contributed by atoms with Crippen molar-refractivity contribution in [3.05, 3.63) is 11.5 Å². The van der Waals surface area contributed by atoms with Gasteiger partial charge in [-0.1, -0.05) is 6.92 Å². The Hall–Kier alpha value is -1.82. The molecule has 1 fully saturated rings. The first-order valence-corrected chi connectivity index (χ1v) is 7.73. The minimum atomic E-state index is -6.01. The minimum absolute atomic E-state index is 0.0778. The summed E-state index contributed by atoms with van der Waals surface area (Å²) in [5.74, 6) is -3.73. The number of aliphatic hydroxyl groups is 1. The van der Waals surface area contributed by atoms with Gasteiger partial charge in [0.1, 0.15) is 0 Å². The van der Waals surface area contributed by atoms with Crippen LogP contribution in [0.2, 0.25) is 0 Å². The number of β-lactam (4-membered cyclic amide) rings is 1. The lowest BCUT2D eigenvalue weighted by molar-refractivity contribution is -0.165. The molecule has 2 rings (SSSR count). The Balaban J connectivity index is 2.45. The summed E-state index contributed by atoms with van der Waals surface area (Å²) in [6.45, 7) is 2.37. The van der Waals surface area contributed by atoms with Crippen molar-refractivity contribution in [3.8, 4) is 0 Å². The van der Waals surface area contributed by atoms with Gasteiger partial charge in [-0.3, -0.25) is 9.69 Å². The quantitative estimate of drug-likeness (QED) is 0.251. The summed E-state index contributed by atoms with van der Waals surface area (Å²) in [7, 11) is -6.01. The van der Waals surface area contributed by atoms with Crippen LogP contribution in [0.25, 0.3) is 0 Å². The molecule has 0 saturated carbocycles. The van der Waals surface area contributed by atoms with Crippen molar-refractivity contribution in [3.63, 3.8) is 0 Å². The third kappa shape index (κ3) is 2.87. The Morgan fingerprint density at radius 1 is 1.43 bits per heavy atom. The maximum Gasteiger partial charge on any atom is 0.534 e. The van der Waals surface area contributed by atoms with Crippen molar-refractivity contribution in [2.45, 2.75) is 38.1 Å². The standard InChI is InChI=1S/C11H12F3NO7S/c1-4-6-3-7(17)15(6)8(10(18)21-5(2)16)9(4)22-23(19,20)11(12,13)14/h4-6,16H,3H2,1-2H3/t4?,5?,6-/m0/s1. The number of alkyl halides is 3. The average molecular weight is 359 g/mol. The van der Waals surface area contributed by atoms with Gasteiger partial charge in [0.2, 0.25) is 5.91 Å². The predicted octanol–water partition coefficient (Wildman–Crippen LogP) is 0.196. The van der Waals surface area contributed by atoms with Gasteiger partial charge in [0.25, 0.3) is 0 Å². The van der Waals surface area contributed by atoms with E-state index in [4.69, 9.17) is 5.11 Å². The fraction of sp³-hybridized carbons (Fsp3) is 0.636. The Bertz CT molecular complexity index is 682. The molecule has 2 unspecified atom stereocenters. The van der Waals surface area contributed by atoms with E-state index in [1.54, 1.807) is 0 Å². The molecule has 0 spiro atoms. The zero-order chi connectivity index (χ0) is 17.7. The molecule has 1 N–H and O–H groups in total. The van der Waals surface area contributed by atoms with E-state index in [2.05, 4.69) is 8.92 Å². The van der Waals surface area contributed by atoms with Crippen LogP contribution in [0.3, 0.4) is 0 Å². The number of nitrogens with zero attached hydrogens (tertiary/aromatic N) is 1. The summed E-state index contributed by atoms with van der Waals surface area (Å²) in [5, 5.41) is 9.03. The number of fused-ring (bicyclic) bond motifs is 1. The molecule has 0 bridgehead atoms. The second kappa shape index (κ2) is 5.37. The van der Waals surface area contributed by atoms with Crippen molar-refractivity contribution in [2.24, 2.45) is 5.92 Å². The molecule has 23 heavy (non-hydrogen) atoms. The molecule has 1 amide bonds. The van der Waals surface area contributed by atoms with Crippen molar-refractivity contribution in [2.75, 3.05) is 0 Å². The topological polar surface area (TPSA) is 110 Å². The normalized spacial score (nSPS) is 25.8. The van der Waals surface area contributed by atoms with E-state index in [0.717, 1.165) is 11.8 Å². The minimum Gasteiger partial charge on any atom is -0.432 e. The number of aliphatic hydroxyl groups excluding tert-OH is 1. The molecule has 2 aliphatic rings. The van der Waals surface area contributed by atoms with E-state index in [9.17, 15) is 31.2 Å². The molecule has 2 heterocycles. The Morgan fingerprint density at radius 3 is 2.43 bits per heavy atom. The van der Waals surface area contributed by atoms with Gasteiger partial charge in [-0.2, -0.15) is 21.6 Å². The maximum absolute atomic E-state index is 12.5. The number of hydrogen-bond acceptors (Lipinski definition) is 7. The van der Waals surface area contributed by atoms with Crippen LogP contribution in [0, 0.1) is 5.92 Å². The third-order valence-corrected chi connectivity index (χ3v) is 4.37. The van der Waals surface area contributed by atoms with Crippen LogP contribution < -0.4 is 0 Å². The molecule has 0 aliphatic carbocycles. The predicted molar refractivity (Wildman–Crippen MR) is 65.3 cm³/mol. The highest BCUT2D eigenvalue weighted by molar-refractivity contribution is 7.87. The van der Waals surface area contributed by atoms with Crippen LogP contribution in [-0.4, -0.2) is 48.1 Å². The molecule has 12 heteroatoms. The van der Waals surface area contributed by atoms with Gasteiger partial charge >= 0.3 is 21.6 Å². The Kier molecular flexibility index (Phi) is 4.09. The van der Waals surface area contributed by atoms with Gasteiger partial charge in [-0.25, -0.2) is 4.79 Å². The molecule has 1 saturated heterocycles. The summed E-state index contributed by atoms with van der Waals surface area (Å²) in [6.07, 6.45) is -1.69. The summed E-state index contributed by atoms with van der Waals surface area (Å²) in [5.41, 5.74) is -6.44. The number of rotatable bonds is 4. The van der Waals surface area contributed by atoms with Crippen LogP contribution in [0.4, 0.5) is 13.2 Å². The van der Waals surface area contributed by atoms with Crippen LogP contribution >= 0.6 is 0 Å². The SMILES string of the molecule is CC(O)OC(=O)C1=C(OS(=O)(=O)C(F)(F)F)C(C)[C@@H]2CC(=O)N12. The summed E-state index contributed by atoms with van der Waals surface area (Å²) >= 11 is 0. The lowest BCUT2D eigenvalue weighted by Gasteiger charge is -2.37. The zero-order valence-corrected chi connectivity index (χ0v) is 12.6. The second-order valence-electron chi connectivity index (χ2n) is 5.02. The highest BCUT2D eigenvalue weighted by atomic mass is 32.2. The van der Waals surface area contributed by atoms with E-state index >= 15 is 0 Å². The van der Waals surface area contributed by atoms with Crippen LogP contribution in [-0.2, 0) is 28.6 Å². The first-order valence-electron chi connectivity index (χ1n) is 6.33. The monoisotopic (exact) mass is 359 g/mol. The maximum atomic E-state index is 12.5. The average Bonchev–Trinajstić information content (AvgIpc) is 2.56. The van der Waals surface area contributed by atoms with Gasteiger partial charge in [0, 0.05) is 12.3 Å². The number of hydrogen-bond donors (Lipinski definition) is 1. The largest absolute Gasteiger partial charge is 0.534 e. The Morgan fingerprint density at radius 2 is 2.00 bits per heavy atom. The van der Waals surface area contributed by atoms with E-state index in [1.165, 1.54) is 6.92 Å². The van der Waals surface area contributed by atoms with Crippen LogP contribution in [0.1, 0.15) is 20.3 Å². The summed E-state index contributed by atoms with van der Waals surface area (Å²) in [4.78, 5) is 24.3. The number of amides is 1. The van der Waals surface area contributed by atoms with Crippen LogP contribution in [0.15, 0.2) is 11.5 Å². The third-order valence-electron chi connectivity index (χ3n) is 3.40. The lowest BCUT2D eigenvalue weighted by Crippen LogP contribution is -2.52. The lowest BCUT2D eigenvalue weighted by atomic mass is 9.93. The van der Waals surface area contributed by atoms with Gasteiger partial charge in [0.05, 0.1) is 6.04 Å². The van der Waals surface area contributed by atoms with E-state index in [-0.39, 0.29) is 6.42 Å². The summed E-state index contributed by atoms with van der Waals surface area (Å²) in [6, 6.07) is -0.697. The van der Waals surface area contributed by atoms with Crippen molar-refractivity contribution in [1.29, 1.82) is 0 Å². The number of carbonyl (C=O) groups excluding carboxylic acids is 2. The molecular weight excluding hydrogens is 347 g/mol. The summed E-state index contributed by atoms with van der Waals surface area (Å²) < 4.78 is 68.2. The van der Waals surface area contributed by atoms with Crippen molar-refractivity contribution >= 4 is 22.0 Å². The van der Waals surface area contributed by atoms with Gasteiger partial charge < -0.3 is 14.0 Å². The van der Waals surface area contributed by atoms with Crippen LogP contribution in [0.5, 0.6) is 0 Å². The number of esters is 1. The molecule has 3 atom stereocenters. The van der Waals surface area contributed by atoms with E-state index in [1.807, 2.05) is 0 Å². The second-order valence-corrected chi connectivity index (χ2v) is 6.56. The van der Waals surface area contributed by atoms with Gasteiger partial charge in [0.15, 0.2) is 17.7 Å². The molecule has 0 radical (unpaired) electrons. The zero-order valence-electron chi connectivity index (χ0n) is 11.8. The molecule has 130 valence electrons. The fourth-order valence-electron chi connectivity index (χ4n) is 2.33. The molecule has 0 aromatic rings. The molecule has 8 nitrogen and oxygen atoms in total. The van der Waals surface area contributed by atoms with Crippen molar-refractivity contribution in [1.82, 2.24) is 4.90 Å². The molecular formula is C11H12F3NO7S. The number of halogens is 3. The van der Waals surface area contributed by atoms with Gasteiger partial charge in [-0.15, -0.1) is 0 Å². The van der Waals surface area contributed by atoms with E-state index in [0.29, 0.717) is 0 Å². The first-order chi connectivity index (χ1) is 10.4. The number of ether oxygens (including phenoxy) is 1. The molecule has 2 aliphatic heterocycles. The fourth-order valence-corrected chi connectivity index (χ4v) is 2.89. The smallest absolute Gasteiger partial charge is 0.432 e. The first kappa shape index (κ1) is 17.5. The Labute approximate surface area is 128 Å². The molecule has 0 aromatic heterocycles. The highest BCUT2D eigenvalue weighted by Gasteiger charge is 2.57. The van der Waals surface area contributed by atoms with Gasteiger partial charge in [-0.05, 0) is 6.92 Å². The highest BCUT2D eigenvalue weighted by Crippen LogP contribution is 2.45. The van der Waals surface area contributed by atoms with E-state index < -0.39 is 57.2 Å². The molecule has 0 aromatic carbocycles. The number of carbonyl (C=O) groups is 2.